The summed E-state index contributed by atoms with van der Waals surface area (Å²) in [6, 6.07) is 9.27. The summed E-state index contributed by atoms with van der Waals surface area (Å²) >= 11 is 0. The summed E-state index contributed by atoms with van der Waals surface area (Å²) in [7, 11) is 3.45. The van der Waals surface area contributed by atoms with E-state index in [9.17, 15) is 5.11 Å². The lowest BCUT2D eigenvalue weighted by Crippen LogP contribution is -2.29. The van der Waals surface area contributed by atoms with Crippen LogP contribution in [0.3, 0.4) is 0 Å². The molecule has 3 aromatic rings. The number of aromatic nitrogens is 3. The van der Waals surface area contributed by atoms with Crippen LogP contribution in [0, 0.1) is 13.8 Å². The minimum absolute atomic E-state index is 0.167. The van der Waals surface area contributed by atoms with Gasteiger partial charge in [0, 0.05) is 37.1 Å². The number of benzene rings is 1. The molecule has 0 radical (unpaired) electrons. The highest BCUT2D eigenvalue weighted by molar-refractivity contribution is 6.09. The Labute approximate surface area is 193 Å². The van der Waals surface area contributed by atoms with Crippen LogP contribution >= 0.6 is 0 Å². The third kappa shape index (κ3) is 5.97. The quantitative estimate of drug-likeness (QED) is 0.458. The highest BCUT2D eigenvalue weighted by Crippen LogP contribution is 2.30. The van der Waals surface area contributed by atoms with Crippen molar-refractivity contribution < 1.29 is 14.4 Å². The van der Waals surface area contributed by atoms with E-state index in [1.807, 2.05) is 44.2 Å². The Morgan fingerprint density at radius 1 is 1.30 bits per heavy atom. The first kappa shape index (κ1) is 24.0. The molecule has 3 rings (SSSR count). The highest BCUT2D eigenvalue weighted by atomic mass is 16.5. The second-order valence-electron chi connectivity index (χ2n) is 7.37. The first-order chi connectivity index (χ1) is 16.0. The standard InChI is InChI=1S/C24H28N6O3/c1-15-23(16(2)33-30-15)22-10-21(18(11-25-3)12-26-4)28-24(29-22)17-7-6-8-20(9-17)32-14-19(31)13-27-5/h6-12,19,27,31H,3,13-14H2,1-2,4-5H3/b18-11+,26-12?. The molecular formula is C24H28N6O3. The van der Waals surface area contributed by atoms with E-state index in [0.717, 1.165) is 16.8 Å². The fraction of sp³-hybridized carbons (Fsp3) is 0.292. The number of hydrogen-bond acceptors (Lipinski definition) is 9. The maximum atomic E-state index is 9.93. The summed E-state index contributed by atoms with van der Waals surface area (Å²) in [5, 5.41) is 16.9. The van der Waals surface area contributed by atoms with E-state index in [1.54, 1.807) is 26.5 Å². The highest BCUT2D eigenvalue weighted by Gasteiger charge is 2.17. The monoisotopic (exact) mass is 448 g/mol. The Balaban J connectivity index is 2.09. The Morgan fingerprint density at radius 3 is 2.79 bits per heavy atom. The maximum absolute atomic E-state index is 9.93. The van der Waals surface area contributed by atoms with Crippen molar-refractivity contribution in [3.8, 4) is 28.4 Å². The van der Waals surface area contributed by atoms with Gasteiger partial charge in [-0.3, -0.25) is 9.98 Å². The van der Waals surface area contributed by atoms with Crippen molar-refractivity contribution in [2.75, 3.05) is 27.2 Å². The van der Waals surface area contributed by atoms with Gasteiger partial charge in [0.1, 0.15) is 24.2 Å². The van der Waals surface area contributed by atoms with Crippen LogP contribution in [0.5, 0.6) is 5.75 Å². The molecule has 9 heteroatoms. The summed E-state index contributed by atoms with van der Waals surface area (Å²) in [4.78, 5) is 17.5. The van der Waals surface area contributed by atoms with Crippen molar-refractivity contribution in [2.24, 2.45) is 9.98 Å². The fourth-order valence-electron chi connectivity index (χ4n) is 3.32. The van der Waals surface area contributed by atoms with Crippen molar-refractivity contribution in [2.45, 2.75) is 20.0 Å². The van der Waals surface area contributed by atoms with E-state index in [0.29, 0.717) is 40.8 Å². The molecule has 0 saturated carbocycles. The van der Waals surface area contributed by atoms with Crippen molar-refractivity contribution in [1.82, 2.24) is 20.4 Å². The molecular weight excluding hydrogens is 420 g/mol. The van der Waals surface area contributed by atoms with Crippen LogP contribution in [0.4, 0.5) is 0 Å². The second kappa shape index (κ2) is 11.3. The number of aryl methyl sites for hydroxylation is 2. The lowest BCUT2D eigenvalue weighted by atomic mass is 10.1. The molecule has 9 nitrogen and oxygen atoms in total. The number of aliphatic imine (C=N–C) groups is 2. The van der Waals surface area contributed by atoms with Crippen LogP contribution < -0.4 is 10.1 Å². The molecule has 0 bridgehead atoms. The predicted octanol–water partition coefficient (Wildman–Crippen LogP) is 3.12. The number of ether oxygens (including phenoxy) is 1. The zero-order valence-electron chi connectivity index (χ0n) is 19.2. The van der Waals surface area contributed by atoms with E-state index in [-0.39, 0.29) is 6.61 Å². The molecule has 0 aliphatic rings. The van der Waals surface area contributed by atoms with Crippen LogP contribution in [0.25, 0.3) is 28.2 Å². The van der Waals surface area contributed by atoms with Gasteiger partial charge >= 0.3 is 0 Å². The van der Waals surface area contributed by atoms with Crippen molar-refractivity contribution in [3.05, 3.63) is 53.7 Å². The number of likely N-dealkylation sites (N-methyl/N-ethyl adjacent to an activating group) is 1. The number of rotatable bonds is 10. The Bertz CT molecular complexity index is 1150. The number of allylic oxidation sites excluding steroid dienone is 1. The van der Waals surface area contributed by atoms with Gasteiger partial charge in [-0.1, -0.05) is 17.3 Å². The smallest absolute Gasteiger partial charge is 0.160 e. The van der Waals surface area contributed by atoms with Gasteiger partial charge in [0.15, 0.2) is 5.82 Å². The molecule has 0 aliphatic carbocycles. The molecule has 0 amide bonds. The third-order valence-electron chi connectivity index (χ3n) is 4.78. The summed E-state index contributed by atoms with van der Waals surface area (Å²) in [5.74, 6) is 1.76. The van der Waals surface area contributed by atoms with E-state index in [2.05, 4.69) is 27.2 Å². The van der Waals surface area contributed by atoms with E-state index < -0.39 is 6.10 Å². The third-order valence-corrected chi connectivity index (χ3v) is 4.78. The van der Waals surface area contributed by atoms with Gasteiger partial charge in [-0.2, -0.15) is 0 Å². The molecule has 172 valence electrons. The molecule has 33 heavy (non-hydrogen) atoms. The molecule has 0 spiro atoms. The summed E-state index contributed by atoms with van der Waals surface area (Å²) in [5.41, 5.74) is 4.28. The molecule has 1 unspecified atom stereocenters. The van der Waals surface area contributed by atoms with Crippen molar-refractivity contribution >= 4 is 18.5 Å². The number of aliphatic hydroxyl groups excluding tert-OH is 1. The number of hydrogen-bond donors (Lipinski definition) is 2. The fourth-order valence-corrected chi connectivity index (χ4v) is 3.32. The van der Waals surface area contributed by atoms with Crippen LogP contribution in [0.1, 0.15) is 17.1 Å². The SMILES string of the molecule is C=N/C=C(\C=NC)c1cc(-c2c(C)noc2C)nc(-c2cccc(OCC(O)CNC)c2)n1. The van der Waals surface area contributed by atoms with Crippen molar-refractivity contribution in [3.63, 3.8) is 0 Å². The Hall–Kier alpha value is -3.69. The first-order valence-corrected chi connectivity index (χ1v) is 10.4. The Morgan fingerprint density at radius 2 is 2.12 bits per heavy atom. The first-order valence-electron chi connectivity index (χ1n) is 10.4. The minimum atomic E-state index is -0.614. The Kier molecular flexibility index (Phi) is 8.17. The van der Waals surface area contributed by atoms with Gasteiger partial charge in [0.25, 0.3) is 0 Å². The van der Waals surface area contributed by atoms with Gasteiger partial charge in [-0.15, -0.1) is 0 Å². The molecule has 0 fully saturated rings. The molecule has 2 heterocycles. The van der Waals surface area contributed by atoms with Gasteiger partial charge in [-0.05, 0) is 45.8 Å². The van der Waals surface area contributed by atoms with E-state index in [4.69, 9.17) is 19.2 Å². The lowest BCUT2D eigenvalue weighted by Gasteiger charge is -2.13. The second-order valence-corrected chi connectivity index (χ2v) is 7.37. The number of aliphatic hydroxyl groups is 1. The number of nitrogens with one attached hydrogen (secondary N) is 1. The summed E-state index contributed by atoms with van der Waals surface area (Å²) < 4.78 is 11.1. The van der Waals surface area contributed by atoms with E-state index in [1.165, 1.54) is 0 Å². The van der Waals surface area contributed by atoms with Crippen LogP contribution in [0.15, 0.2) is 51.0 Å². The van der Waals surface area contributed by atoms with E-state index >= 15 is 0 Å². The van der Waals surface area contributed by atoms with Crippen LogP contribution in [0.2, 0.25) is 0 Å². The average molecular weight is 449 g/mol. The molecule has 0 aliphatic heterocycles. The summed E-state index contributed by atoms with van der Waals surface area (Å²) in [6.45, 7) is 7.87. The average Bonchev–Trinajstić information content (AvgIpc) is 3.15. The molecule has 1 atom stereocenters. The molecule has 0 saturated heterocycles. The van der Waals surface area contributed by atoms with Gasteiger partial charge in [0.2, 0.25) is 0 Å². The normalized spacial score (nSPS) is 12.8. The minimum Gasteiger partial charge on any atom is -0.491 e. The predicted molar refractivity (Wildman–Crippen MR) is 130 cm³/mol. The largest absolute Gasteiger partial charge is 0.491 e. The van der Waals surface area contributed by atoms with Crippen LogP contribution in [-0.4, -0.2) is 66.5 Å². The van der Waals surface area contributed by atoms with Gasteiger partial charge in [0.05, 0.1) is 22.6 Å². The summed E-state index contributed by atoms with van der Waals surface area (Å²) in [6.07, 6.45) is 2.65. The van der Waals surface area contributed by atoms with Crippen molar-refractivity contribution in [1.29, 1.82) is 0 Å². The van der Waals surface area contributed by atoms with Gasteiger partial charge < -0.3 is 19.7 Å². The number of nitrogens with zero attached hydrogens (tertiary/aromatic N) is 5. The molecule has 2 aromatic heterocycles. The van der Waals surface area contributed by atoms with Crippen LogP contribution in [-0.2, 0) is 0 Å². The zero-order valence-corrected chi connectivity index (χ0v) is 19.2. The molecule has 1 aromatic carbocycles. The zero-order chi connectivity index (χ0) is 23.8. The maximum Gasteiger partial charge on any atom is 0.160 e. The molecule has 2 N–H and O–H groups in total. The topological polar surface area (TPSA) is 118 Å². The van der Waals surface area contributed by atoms with Gasteiger partial charge in [-0.25, -0.2) is 9.97 Å². The lowest BCUT2D eigenvalue weighted by molar-refractivity contribution is 0.108.